The van der Waals surface area contributed by atoms with E-state index in [1.54, 1.807) is 17.0 Å². The fourth-order valence-corrected chi connectivity index (χ4v) is 2.83. The van der Waals surface area contributed by atoms with Gasteiger partial charge in [-0.05, 0) is 43.5 Å². The van der Waals surface area contributed by atoms with Gasteiger partial charge in [0.1, 0.15) is 5.75 Å². The van der Waals surface area contributed by atoms with Crippen LogP contribution in [0, 0.1) is 6.92 Å². The van der Waals surface area contributed by atoms with E-state index in [0.717, 1.165) is 29.7 Å². The van der Waals surface area contributed by atoms with E-state index in [-0.39, 0.29) is 19.1 Å². The first-order valence-corrected chi connectivity index (χ1v) is 8.37. The molecular weight excluding hydrogens is 318 g/mol. The molecule has 0 aromatic heterocycles. The molecule has 1 aliphatic heterocycles. The predicted octanol–water partition coefficient (Wildman–Crippen LogP) is 2.90. The van der Waals surface area contributed by atoms with Crippen molar-refractivity contribution >= 4 is 17.6 Å². The number of hydrogen-bond acceptors (Lipinski definition) is 4. The van der Waals surface area contributed by atoms with E-state index in [0.29, 0.717) is 12.3 Å². The van der Waals surface area contributed by atoms with Gasteiger partial charge in [-0.15, -0.1) is 0 Å². The van der Waals surface area contributed by atoms with Crippen molar-refractivity contribution in [3.05, 3.63) is 59.7 Å². The third-order valence-corrected chi connectivity index (χ3v) is 4.15. The molecular formula is C20H21NO4. The van der Waals surface area contributed by atoms with Crippen LogP contribution in [0.1, 0.15) is 17.5 Å². The van der Waals surface area contributed by atoms with Gasteiger partial charge in [0.25, 0.3) is 5.91 Å². The highest BCUT2D eigenvalue weighted by Crippen LogP contribution is 2.26. The lowest BCUT2D eigenvalue weighted by molar-refractivity contribution is -0.149. The zero-order valence-corrected chi connectivity index (χ0v) is 14.2. The number of amides is 1. The third kappa shape index (κ3) is 4.38. The van der Waals surface area contributed by atoms with Crippen molar-refractivity contribution in [1.82, 2.24) is 0 Å². The summed E-state index contributed by atoms with van der Waals surface area (Å²) in [7, 11) is 0. The number of fused-ring (bicyclic) bond motifs is 1. The summed E-state index contributed by atoms with van der Waals surface area (Å²) in [6.07, 6.45) is 1.87. The Bertz CT molecular complexity index is 755. The Labute approximate surface area is 147 Å². The predicted molar refractivity (Wildman–Crippen MR) is 94.7 cm³/mol. The maximum atomic E-state index is 12.4. The van der Waals surface area contributed by atoms with E-state index < -0.39 is 5.97 Å². The first-order chi connectivity index (χ1) is 12.1. The molecule has 2 aromatic carbocycles. The Morgan fingerprint density at radius 1 is 1.04 bits per heavy atom. The molecule has 1 aliphatic rings. The molecule has 0 fully saturated rings. The Morgan fingerprint density at radius 3 is 2.60 bits per heavy atom. The summed E-state index contributed by atoms with van der Waals surface area (Å²) in [6.45, 7) is 2.13. The van der Waals surface area contributed by atoms with E-state index in [1.807, 2.05) is 43.3 Å². The Morgan fingerprint density at radius 2 is 1.80 bits per heavy atom. The van der Waals surface area contributed by atoms with Gasteiger partial charge >= 0.3 is 5.97 Å². The Kier molecular flexibility index (Phi) is 5.33. The van der Waals surface area contributed by atoms with E-state index >= 15 is 0 Å². The zero-order valence-electron chi connectivity index (χ0n) is 14.2. The second kappa shape index (κ2) is 7.83. The van der Waals surface area contributed by atoms with Gasteiger partial charge in [-0.3, -0.25) is 4.79 Å². The second-order valence-corrected chi connectivity index (χ2v) is 6.04. The summed E-state index contributed by atoms with van der Waals surface area (Å²) in [5, 5.41) is 0. The molecule has 0 atom stereocenters. The van der Waals surface area contributed by atoms with Crippen molar-refractivity contribution in [2.45, 2.75) is 19.8 Å². The van der Waals surface area contributed by atoms with Crippen molar-refractivity contribution in [2.75, 3.05) is 24.7 Å². The van der Waals surface area contributed by atoms with Gasteiger partial charge in [0.2, 0.25) is 0 Å². The van der Waals surface area contributed by atoms with Crippen LogP contribution in [0.3, 0.4) is 0 Å². The van der Waals surface area contributed by atoms with E-state index in [4.69, 9.17) is 9.47 Å². The lowest BCUT2D eigenvalue weighted by Crippen LogP contribution is -2.38. The largest absolute Gasteiger partial charge is 0.482 e. The number of aryl methyl sites for hydroxylation is 2. The van der Waals surface area contributed by atoms with Gasteiger partial charge in [0.05, 0.1) is 0 Å². The monoisotopic (exact) mass is 339 g/mol. The zero-order chi connectivity index (χ0) is 17.6. The maximum Gasteiger partial charge on any atom is 0.344 e. The summed E-state index contributed by atoms with van der Waals surface area (Å²) >= 11 is 0. The average molecular weight is 339 g/mol. The van der Waals surface area contributed by atoms with Gasteiger partial charge in [-0.2, -0.15) is 0 Å². The van der Waals surface area contributed by atoms with Crippen LogP contribution in [0.25, 0.3) is 0 Å². The number of nitrogens with zero attached hydrogens (tertiary/aromatic N) is 1. The first-order valence-electron chi connectivity index (χ1n) is 8.37. The number of hydrogen-bond donors (Lipinski definition) is 0. The normalized spacial score (nSPS) is 13.1. The SMILES string of the molecule is Cc1ccc(OCC(=O)OCC(=O)N2CCCc3ccccc32)cc1. The summed E-state index contributed by atoms with van der Waals surface area (Å²) in [5.74, 6) is -0.172. The number of para-hydroxylation sites is 1. The van der Waals surface area contributed by atoms with Gasteiger partial charge in [0, 0.05) is 12.2 Å². The number of ether oxygens (including phenoxy) is 2. The van der Waals surface area contributed by atoms with Gasteiger partial charge in [-0.1, -0.05) is 35.9 Å². The van der Waals surface area contributed by atoms with Gasteiger partial charge in [-0.25, -0.2) is 4.79 Å². The molecule has 130 valence electrons. The third-order valence-electron chi connectivity index (χ3n) is 4.15. The van der Waals surface area contributed by atoms with Crippen molar-refractivity contribution < 1.29 is 19.1 Å². The van der Waals surface area contributed by atoms with Crippen molar-refractivity contribution in [1.29, 1.82) is 0 Å². The van der Waals surface area contributed by atoms with Crippen LogP contribution < -0.4 is 9.64 Å². The molecule has 0 bridgehead atoms. The molecule has 0 N–H and O–H groups in total. The molecule has 25 heavy (non-hydrogen) atoms. The number of anilines is 1. The van der Waals surface area contributed by atoms with Crippen LogP contribution >= 0.6 is 0 Å². The molecule has 3 rings (SSSR count). The standard InChI is InChI=1S/C20H21NO4/c1-15-8-10-17(11-9-15)24-14-20(23)25-13-19(22)21-12-4-6-16-5-2-3-7-18(16)21/h2-3,5,7-11H,4,6,12-14H2,1H3. The number of benzene rings is 2. The Balaban J connectivity index is 1.49. The molecule has 5 heteroatoms. The number of esters is 1. The average Bonchev–Trinajstić information content (AvgIpc) is 2.65. The number of carbonyl (C=O) groups is 2. The van der Waals surface area contributed by atoms with Crippen molar-refractivity contribution in [3.8, 4) is 5.75 Å². The van der Waals surface area contributed by atoms with Crippen LogP contribution in [-0.2, 0) is 20.7 Å². The number of rotatable bonds is 5. The quantitative estimate of drug-likeness (QED) is 0.786. The molecule has 5 nitrogen and oxygen atoms in total. The minimum atomic E-state index is -0.556. The second-order valence-electron chi connectivity index (χ2n) is 6.04. The molecule has 0 aliphatic carbocycles. The van der Waals surface area contributed by atoms with Crippen molar-refractivity contribution in [3.63, 3.8) is 0 Å². The molecule has 2 aromatic rings. The molecule has 0 saturated heterocycles. The lowest BCUT2D eigenvalue weighted by atomic mass is 10.0. The summed E-state index contributed by atoms with van der Waals surface area (Å²) in [6, 6.07) is 15.2. The minimum absolute atomic E-state index is 0.212. The van der Waals surface area contributed by atoms with Crippen molar-refractivity contribution in [2.24, 2.45) is 0 Å². The van der Waals surface area contributed by atoms with E-state index in [2.05, 4.69) is 0 Å². The molecule has 0 saturated carbocycles. The van der Waals surface area contributed by atoms with Gasteiger partial charge in [0.15, 0.2) is 13.2 Å². The van der Waals surface area contributed by atoms with Crippen LogP contribution in [-0.4, -0.2) is 31.6 Å². The molecule has 0 unspecified atom stereocenters. The molecule has 0 spiro atoms. The maximum absolute atomic E-state index is 12.4. The van der Waals surface area contributed by atoms with Crippen LogP contribution in [0.5, 0.6) is 5.75 Å². The molecule has 0 radical (unpaired) electrons. The summed E-state index contributed by atoms with van der Waals surface area (Å²) in [4.78, 5) is 25.9. The Hall–Kier alpha value is -2.82. The van der Waals surface area contributed by atoms with E-state index in [9.17, 15) is 9.59 Å². The molecule has 1 heterocycles. The minimum Gasteiger partial charge on any atom is -0.482 e. The fourth-order valence-electron chi connectivity index (χ4n) is 2.83. The summed E-state index contributed by atoms with van der Waals surface area (Å²) < 4.78 is 10.4. The van der Waals surface area contributed by atoms with Crippen LogP contribution in [0.4, 0.5) is 5.69 Å². The smallest absolute Gasteiger partial charge is 0.344 e. The summed E-state index contributed by atoms with van der Waals surface area (Å²) in [5.41, 5.74) is 3.17. The first kappa shape index (κ1) is 17.0. The highest BCUT2D eigenvalue weighted by molar-refractivity contribution is 5.96. The number of carbonyl (C=O) groups excluding carboxylic acids is 2. The molecule has 1 amide bonds. The fraction of sp³-hybridized carbons (Fsp3) is 0.300. The lowest BCUT2D eigenvalue weighted by Gasteiger charge is -2.29. The topological polar surface area (TPSA) is 55.8 Å². The highest BCUT2D eigenvalue weighted by atomic mass is 16.6. The highest BCUT2D eigenvalue weighted by Gasteiger charge is 2.23. The van der Waals surface area contributed by atoms with E-state index in [1.165, 1.54) is 0 Å². The van der Waals surface area contributed by atoms with Gasteiger partial charge < -0.3 is 14.4 Å². The van der Waals surface area contributed by atoms with Crippen LogP contribution in [0.15, 0.2) is 48.5 Å². The van der Waals surface area contributed by atoms with Crippen LogP contribution in [0.2, 0.25) is 0 Å².